The van der Waals surface area contributed by atoms with E-state index in [0.29, 0.717) is 0 Å². The molecule has 0 saturated carbocycles. The van der Waals surface area contributed by atoms with E-state index in [1.807, 2.05) is 0 Å². The molecule has 0 fully saturated rings. The molecule has 4 heterocycles. The van der Waals surface area contributed by atoms with Gasteiger partial charge in [-0.3, -0.25) is 0 Å². The Hall–Kier alpha value is -6.32. The van der Waals surface area contributed by atoms with Gasteiger partial charge in [0.1, 0.15) is 0 Å². The van der Waals surface area contributed by atoms with Gasteiger partial charge in [-0.1, -0.05) is 121 Å². The molecule has 3 aromatic heterocycles. The molecule has 2 nitrogen and oxygen atoms in total. The van der Waals surface area contributed by atoms with Crippen molar-refractivity contribution < 1.29 is 0 Å². The van der Waals surface area contributed by atoms with Crippen LogP contribution in [0.5, 0.6) is 0 Å². The van der Waals surface area contributed by atoms with Crippen molar-refractivity contribution in [2.45, 2.75) is 6.92 Å². The fourth-order valence-electron chi connectivity index (χ4n) is 9.17. The van der Waals surface area contributed by atoms with Crippen LogP contribution in [0.1, 0.15) is 5.56 Å². The van der Waals surface area contributed by atoms with Crippen LogP contribution in [0.25, 0.3) is 104 Å². The van der Waals surface area contributed by atoms with Gasteiger partial charge < -0.3 is 9.38 Å². The van der Waals surface area contributed by atoms with Gasteiger partial charge in [0.05, 0.1) is 11.0 Å². The van der Waals surface area contributed by atoms with E-state index >= 15 is 0 Å². The number of aromatic amines is 1. The summed E-state index contributed by atoms with van der Waals surface area (Å²) < 4.78 is 2.60. The fraction of sp³-hybridized carbons (Fsp3) is 0.0213. The number of H-pyrrole nitrogens is 1. The summed E-state index contributed by atoms with van der Waals surface area (Å²) in [7, 11) is 2.47. The van der Waals surface area contributed by atoms with E-state index in [1.54, 1.807) is 0 Å². The van der Waals surface area contributed by atoms with Crippen molar-refractivity contribution in [1.82, 2.24) is 9.38 Å². The van der Waals surface area contributed by atoms with Gasteiger partial charge in [0, 0.05) is 54.4 Å². The molecule has 1 aliphatic heterocycles. The van der Waals surface area contributed by atoms with Gasteiger partial charge in [0.25, 0.3) is 0 Å². The van der Waals surface area contributed by atoms with Gasteiger partial charge in [-0.05, 0) is 86.9 Å². The van der Waals surface area contributed by atoms with Crippen molar-refractivity contribution in [2.24, 2.45) is 0 Å². The van der Waals surface area contributed by atoms with Crippen LogP contribution in [0.2, 0.25) is 0 Å². The van der Waals surface area contributed by atoms with Crippen molar-refractivity contribution >= 4 is 88.9 Å². The minimum Gasteiger partial charge on any atom is -0.354 e. The van der Waals surface area contributed by atoms with Gasteiger partial charge in [0.15, 0.2) is 7.28 Å². The molecule has 3 heteroatoms. The predicted molar refractivity (Wildman–Crippen MR) is 214 cm³/mol. The third-order valence-corrected chi connectivity index (χ3v) is 11.3. The second kappa shape index (κ2) is 9.43. The van der Waals surface area contributed by atoms with Crippen molar-refractivity contribution in [3.05, 3.63) is 151 Å². The maximum Gasteiger partial charge on any atom is 0.197 e. The third kappa shape index (κ3) is 3.39. The molecular weight excluding hydrogens is 603 g/mol. The molecule has 0 atom stereocenters. The maximum absolute atomic E-state index is 3.88. The number of hydrogen-bond donors (Lipinski definition) is 1. The summed E-state index contributed by atoms with van der Waals surface area (Å²) in [5.74, 6) is 0. The molecule has 1 radical (unpaired) electrons. The molecule has 1 N–H and O–H groups in total. The average Bonchev–Trinajstić information content (AvgIpc) is 3.82. The van der Waals surface area contributed by atoms with Gasteiger partial charge in [-0.25, -0.2) is 0 Å². The number of aryl methyl sites for hydroxylation is 1. The van der Waals surface area contributed by atoms with Crippen LogP contribution in [0, 0.1) is 6.92 Å². The van der Waals surface area contributed by atoms with Crippen LogP contribution in [0.4, 0.5) is 0 Å². The number of hydrogen-bond acceptors (Lipinski definition) is 0. The van der Waals surface area contributed by atoms with E-state index in [4.69, 9.17) is 0 Å². The normalized spacial score (nSPS) is 12.7. The van der Waals surface area contributed by atoms with E-state index in [9.17, 15) is 0 Å². The Balaban J connectivity index is 1.22. The summed E-state index contributed by atoms with van der Waals surface area (Å²) in [6.07, 6.45) is 0. The summed E-state index contributed by atoms with van der Waals surface area (Å²) in [5.41, 5.74) is 17.7. The Morgan fingerprint density at radius 1 is 0.480 bits per heavy atom. The molecule has 0 amide bonds. The van der Waals surface area contributed by atoms with Gasteiger partial charge >= 0.3 is 0 Å². The number of benzene rings is 8. The largest absolute Gasteiger partial charge is 0.354 e. The molecule has 12 rings (SSSR count). The van der Waals surface area contributed by atoms with Crippen LogP contribution in [0.3, 0.4) is 0 Å². The van der Waals surface area contributed by atoms with E-state index in [2.05, 4.69) is 169 Å². The SMILES string of the molecule is Cc1cc(-c2cccc3c2[nH]c2cc4ccccc4cc23)c2c3c1c1cc(-c4ccccc4)cc4c5cc(-c6ccccc6)cc(c5n3c41)[B]2. The van der Waals surface area contributed by atoms with Crippen molar-refractivity contribution in [1.29, 1.82) is 0 Å². The highest BCUT2D eigenvalue weighted by Crippen LogP contribution is 2.45. The number of rotatable bonds is 3. The molecular formula is C47H28BN2. The Bertz CT molecular complexity index is 3220. The van der Waals surface area contributed by atoms with Crippen LogP contribution in [-0.4, -0.2) is 16.7 Å². The maximum atomic E-state index is 3.88. The molecule has 229 valence electrons. The van der Waals surface area contributed by atoms with E-state index in [1.165, 1.54) is 121 Å². The molecule has 0 spiro atoms. The zero-order valence-electron chi connectivity index (χ0n) is 27.4. The molecule has 0 aliphatic carbocycles. The summed E-state index contributed by atoms with van der Waals surface area (Å²) in [6.45, 7) is 2.30. The lowest BCUT2D eigenvalue weighted by atomic mass is 9.59. The standard InChI is InChI=1S/C47H28BN2/c1-26-19-36(34-18-10-17-33-35-20-29-15-8-9-16-30(29)25-41(35)49-44(33)34)43-47-42(26)39-23-31(27-11-4-2-5-12-27)21-37-38-22-32(28-13-6-3-7-14-28)24-40(48-43)46(38)50(47)45(37)39/h2-25,49H,1H3. The second-order valence-corrected chi connectivity index (χ2v) is 14.1. The zero-order valence-corrected chi connectivity index (χ0v) is 27.4. The lowest BCUT2D eigenvalue weighted by molar-refractivity contribution is 1.37. The minimum absolute atomic E-state index is 1.18. The van der Waals surface area contributed by atoms with Gasteiger partial charge in [-0.2, -0.15) is 0 Å². The zero-order chi connectivity index (χ0) is 32.7. The van der Waals surface area contributed by atoms with E-state index in [-0.39, 0.29) is 0 Å². The lowest BCUT2D eigenvalue weighted by Gasteiger charge is -2.20. The molecule has 11 aromatic rings. The molecule has 0 saturated heterocycles. The van der Waals surface area contributed by atoms with Gasteiger partial charge in [0.2, 0.25) is 0 Å². The lowest BCUT2D eigenvalue weighted by Crippen LogP contribution is -2.34. The number of nitrogens with one attached hydrogen (secondary N) is 1. The fourth-order valence-corrected chi connectivity index (χ4v) is 9.17. The highest BCUT2D eigenvalue weighted by molar-refractivity contribution is 6.75. The predicted octanol–water partition coefficient (Wildman–Crippen LogP) is 10.9. The van der Waals surface area contributed by atoms with Crippen LogP contribution in [0.15, 0.2) is 146 Å². The van der Waals surface area contributed by atoms with Crippen molar-refractivity contribution in [2.75, 3.05) is 0 Å². The Kier molecular flexibility index (Phi) is 5.02. The molecule has 1 aliphatic rings. The first-order valence-corrected chi connectivity index (χ1v) is 17.4. The van der Waals surface area contributed by atoms with Crippen molar-refractivity contribution in [3.8, 4) is 33.4 Å². The molecule has 0 bridgehead atoms. The van der Waals surface area contributed by atoms with E-state index < -0.39 is 0 Å². The van der Waals surface area contributed by atoms with Crippen molar-refractivity contribution in [3.63, 3.8) is 0 Å². The van der Waals surface area contributed by atoms with Crippen LogP contribution < -0.4 is 10.9 Å². The Morgan fingerprint density at radius 3 is 1.90 bits per heavy atom. The monoisotopic (exact) mass is 631 g/mol. The summed E-state index contributed by atoms with van der Waals surface area (Å²) in [5, 5.41) is 10.4. The highest BCUT2D eigenvalue weighted by atomic mass is 14.9. The Labute approximate surface area is 288 Å². The summed E-state index contributed by atoms with van der Waals surface area (Å²) in [6, 6.07) is 53.9. The first kappa shape index (κ1) is 26.6. The molecule has 50 heavy (non-hydrogen) atoms. The third-order valence-electron chi connectivity index (χ3n) is 11.3. The number of para-hydroxylation sites is 1. The Morgan fingerprint density at radius 2 is 1.14 bits per heavy atom. The molecule has 8 aromatic carbocycles. The van der Waals surface area contributed by atoms with Crippen LogP contribution in [-0.2, 0) is 0 Å². The quantitative estimate of drug-likeness (QED) is 0.187. The minimum atomic E-state index is 1.18. The second-order valence-electron chi connectivity index (χ2n) is 14.1. The highest BCUT2D eigenvalue weighted by Gasteiger charge is 2.30. The number of aromatic nitrogens is 2. The van der Waals surface area contributed by atoms with Gasteiger partial charge in [-0.15, -0.1) is 0 Å². The first-order valence-electron chi connectivity index (χ1n) is 17.4. The molecule has 0 unspecified atom stereocenters. The topological polar surface area (TPSA) is 20.2 Å². The van der Waals surface area contributed by atoms with E-state index in [0.717, 1.165) is 0 Å². The smallest absolute Gasteiger partial charge is 0.197 e. The average molecular weight is 632 g/mol. The summed E-state index contributed by atoms with van der Waals surface area (Å²) >= 11 is 0. The summed E-state index contributed by atoms with van der Waals surface area (Å²) in [4.78, 5) is 3.88. The first-order chi connectivity index (χ1) is 24.7. The number of fused-ring (bicyclic) bond motifs is 6. The number of nitrogens with zero attached hydrogens (tertiary/aromatic N) is 1. The van der Waals surface area contributed by atoms with Crippen LogP contribution >= 0.6 is 0 Å².